The Balaban J connectivity index is 2.59. The first-order chi connectivity index (χ1) is 13.8. The molecule has 8 nitrogen and oxygen atoms in total. The van der Waals surface area contributed by atoms with E-state index >= 15 is 0 Å². The van der Waals surface area contributed by atoms with Gasteiger partial charge in [-0.1, -0.05) is 12.1 Å². The van der Waals surface area contributed by atoms with E-state index in [1.54, 1.807) is 0 Å². The van der Waals surface area contributed by atoms with Crippen LogP contribution in [0.4, 0.5) is 4.79 Å². The summed E-state index contributed by atoms with van der Waals surface area (Å²) in [5.74, 6) is -0.738. The van der Waals surface area contributed by atoms with Crippen LogP contribution < -0.4 is 5.32 Å². The monoisotopic (exact) mass is 541 g/mol. The number of thioether (sulfide) groups is 1. The summed E-state index contributed by atoms with van der Waals surface area (Å²) in [6.07, 6.45) is -2.11. The molecule has 0 aliphatic rings. The highest BCUT2D eigenvalue weighted by Crippen LogP contribution is 2.16. The molecule has 1 rings (SSSR count). The third-order valence-corrected chi connectivity index (χ3v) is 5.66. The number of hydrogen-bond donors (Lipinski definition) is 2. The zero-order chi connectivity index (χ0) is 21.8. The van der Waals surface area contributed by atoms with Crippen molar-refractivity contribution in [3.63, 3.8) is 0 Å². The van der Waals surface area contributed by atoms with Crippen LogP contribution in [0, 0.1) is 3.57 Å². The van der Waals surface area contributed by atoms with Gasteiger partial charge in [-0.2, -0.15) is 11.8 Å². The van der Waals surface area contributed by atoms with Crippen molar-refractivity contribution in [3.05, 3.63) is 33.4 Å². The van der Waals surface area contributed by atoms with E-state index in [1.807, 2.05) is 24.3 Å². The second-order valence-electron chi connectivity index (χ2n) is 6.08. The van der Waals surface area contributed by atoms with E-state index in [0.717, 1.165) is 9.13 Å². The lowest BCUT2D eigenvalue weighted by Gasteiger charge is -2.19. The fourth-order valence-corrected chi connectivity index (χ4v) is 3.58. The van der Waals surface area contributed by atoms with Crippen LogP contribution in [-0.2, 0) is 29.6 Å². The fourth-order valence-electron chi connectivity index (χ4n) is 2.21. The van der Waals surface area contributed by atoms with E-state index < -0.39 is 36.6 Å². The molecule has 2 N–H and O–H groups in total. The van der Waals surface area contributed by atoms with Crippen molar-refractivity contribution in [2.24, 2.45) is 0 Å². The molecule has 0 saturated heterocycles. The zero-order valence-electron chi connectivity index (χ0n) is 16.2. The molecule has 0 fully saturated rings. The number of carbonyl (C=O) groups is 4. The standard InChI is InChI=1S/C19H24INO7S/c1-12(23)15(7-8-18(25)27-2)21-19(26)28-17(16(24)9-22)11-29-10-13-3-5-14(20)6-4-13/h3-6,15,17,22H,7-11H2,1-2H3,(H,21,26)/t15-,17-/m0/s1/i20+4. The maximum Gasteiger partial charge on any atom is 0.408 e. The number of Topliss-reactive ketones (excluding diaryl/α,β-unsaturated/α-hetero) is 2. The number of hydrogen-bond acceptors (Lipinski definition) is 8. The smallest absolute Gasteiger partial charge is 0.408 e. The van der Waals surface area contributed by atoms with E-state index in [9.17, 15) is 19.2 Å². The number of carbonyl (C=O) groups excluding carboxylic acids is 4. The minimum absolute atomic E-state index is 0.0497. The fraction of sp³-hybridized carbons (Fsp3) is 0.474. The zero-order valence-corrected chi connectivity index (χ0v) is 19.2. The van der Waals surface area contributed by atoms with Crippen molar-refractivity contribution in [1.29, 1.82) is 0 Å². The predicted molar refractivity (Wildman–Crippen MR) is 117 cm³/mol. The van der Waals surface area contributed by atoms with Crippen LogP contribution in [-0.4, -0.2) is 60.4 Å². The quantitative estimate of drug-likeness (QED) is 0.305. The summed E-state index contributed by atoms with van der Waals surface area (Å²) < 4.78 is 10.7. The van der Waals surface area contributed by atoms with Crippen LogP contribution >= 0.6 is 34.4 Å². The number of ketones is 2. The molecular formula is C19H24INO7S. The number of aliphatic hydroxyl groups excluding tert-OH is 1. The van der Waals surface area contributed by atoms with Gasteiger partial charge in [0.15, 0.2) is 17.7 Å². The minimum Gasteiger partial charge on any atom is -0.469 e. The number of rotatable bonds is 12. The van der Waals surface area contributed by atoms with Gasteiger partial charge in [-0.15, -0.1) is 0 Å². The van der Waals surface area contributed by atoms with Gasteiger partial charge in [-0.25, -0.2) is 4.79 Å². The first-order valence-electron chi connectivity index (χ1n) is 8.77. The van der Waals surface area contributed by atoms with Crippen molar-refractivity contribution in [1.82, 2.24) is 5.32 Å². The van der Waals surface area contributed by atoms with Crippen LogP contribution in [0.5, 0.6) is 0 Å². The second-order valence-corrected chi connectivity index (χ2v) is 8.36. The number of nitrogens with one attached hydrogen (secondary N) is 1. The van der Waals surface area contributed by atoms with Crippen LogP contribution in [0.3, 0.4) is 0 Å². The summed E-state index contributed by atoms with van der Waals surface area (Å²) >= 11 is 3.58. The van der Waals surface area contributed by atoms with Gasteiger partial charge in [0.05, 0.1) is 13.2 Å². The van der Waals surface area contributed by atoms with Crippen molar-refractivity contribution in [2.75, 3.05) is 19.5 Å². The van der Waals surface area contributed by atoms with Gasteiger partial charge in [0, 0.05) is 21.5 Å². The molecule has 2 atom stereocenters. The van der Waals surface area contributed by atoms with E-state index in [-0.39, 0.29) is 24.4 Å². The molecule has 0 saturated carbocycles. The number of ether oxygens (including phenoxy) is 2. The number of alkyl carbamates (subject to hydrolysis) is 1. The Labute approximate surface area is 187 Å². The molecule has 0 aliphatic carbocycles. The molecule has 0 radical (unpaired) electrons. The number of aliphatic hydroxyl groups is 1. The summed E-state index contributed by atoms with van der Waals surface area (Å²) in [7, 11) is 1.23. The van der Waals surface area contributed by atoms with Crippen LogP contribution in [0.1, 0.15) is 25.3 Å². The van der Waals surface area contributed by atoms with Crippen LogP contribution in [0.25, 0.3) is 0 Å². The van der Waals surface area contributed by atoms with E-state index in [1.165, 1.54) is 25.8 Å². The van der Waals surface area contributed by atoms with Gasteiger partial charge < -0.3 is 19.9 Å². The molecule has 1 amide bonds. The Kier molecular flexibility index (Phi) is 11.9. The summed E-state index contributed by atoms with van der Waals surface area (Å²) in [5.41, 5.74) is 1.05. The third-order valence-electron chi connectivity index (χ3n) is 3.86. The molecular weight excluding hydrogens is 517 g/mol. The molecule has 0 heterocycles. The summed E-state index contributed by atoms with van der Waals surface area (Å²) in [4.78, 5) is 46.9. The molecule has 1 aromatic carbocycles. The molecule has 10 heteroatoms. The topological polar surface area (TPSA) is 119 Å². The molecule has 0 unspecified atom stereocenters. The van der Waals surface area contributed by atoms with Gasteiger partial charge in [-0.3, -0.25) is 14.4 Å². The third kappa shape index (κ3) is 10.1. The molecule has 0 aliphatic heterocycles. The predicted octanol–water partition coefficient (Wildman–Crippen LogP) is 2.09. The summed E-state index contributed by atoms with van der Waals surface area (Å²) in [6.45, 7) is 0.510. The molecule has 29 heavy (non-hydrogen) atoms. The van der Waals surface area contributed by atoms with Gasteiger partial charge >= 0.3 is 12.1 Å². The molecule has 0 bridgehead atoms. The SMILES string of the molecule is COC(=O)CC[C@H](NC(=O)O[C@@H](CSCc1ccc([131I])cc1)C(=O)CO)C(C)=O. The highest BCUT2D eigenvalue weighted by atomic mass is 131. The molecule has 160 valence electrons. The Hall–Kier alpha value is -1.66. The van der Waals surface area contributed by atoms with E-state index in [2.05, 4.69) is 32.6 Å². The maximum atomic E-state index is 12.1. The van der Waals surface area contributed by atoms with Crippen molar-refractivity contribution in [3.8, 4) is 0 Å². The lowest BCUT2D eigenvalue weighted by atomic mass is 10.1. The highest BCUT2D eigenvalue weighted by molar-refractivity contribution is 14.1. The number of esters is 1. The minimum atomic E-state index is -1.15. The Morgan fingerprint density at radius 2 is 1.86 bits per heavy atom. The van der Waals surface area contributed by atoms with Crippen LogP contribution in [0.15, 0.2) is 24.3 Å². The average molecular weight is 541 g/mol. The maximum absolute atomic E-state index is 12.1. The number of halogens is 1. The van der Waals surface area contributed by atoms with Crippen molar-refractivity contribution in [2.45, 2.75) is 37.7 Å². The number of benzene rings is 1. The number of methoxy groups -OCH3 is 1. The summed E-state index contributed by atoms with van der Waals surface area (Å²) in [5, 5.41) is 11.5. The van der Waals surface area contributed by atoms with Crippen LogP contribution in [0.2, 0.25) is 0 Å². The van der Waals surface area contributed by atoms with Gasteiger partial charge in [0.25, 0.3) is 0 Å². The number of amides is 1. The summed E-state index contributed by atoms with van der Waals surface area (Å²) in [6, 6.07) is 6.92. The van der Waals surface area contributed by atoms with E-state index in [0.29, 0.717) is 5.75 Å². The molecule has 1 aromatic rings. The molecule has 0 aromatic heterocycles. The second kappa shape index (κ2) is 13.5. The van der Waals surface area contributed by atoms with Crippen molar-refractivity contribution >= 4 is 58.0 Å². The Bertz CT molecular complexity index is 711. The first-order valence-corrected chi connectivity index (χ1v) is 11.0. The largest absolute Gasteiger partial charge is 0.469 e. The normalized spacial score (nSPS) is 12.6. The lowest BCUT2D eigenvalue weighted by molar-refractivity contribution is -0.140. The molecule has 0 spiro atoms. The van der Waals surface area contributed by atoms with E-state index in [4.69, 9.17) is 9.84 Å². The average Bonchev–Trinajstić information content (AvgIpc) is 2.70. The lowest BCUT2D eigenvalue weighted by Crippen LogP contribution is -2.43. The Morgan fingerprint density at radius 3 is 2.41 bits per heavy atom. The van der Waals surface area contributed by atoms with Gasteiger partial charge in [0.2, 0.25) is 0 Å². The highest BCUT2D eigenvalue weighted by Gasteiger charge is 2.25. The van der Waals surface area contributed by atoms with Crippen molar-refractivity contribution < 1.29 is 33.8 Å². The first kappa shape index (κ1) is 25.4. The Morgan fingerprint density at radius 1 is 1.21 bits per heavy atom. The van der Waals surface area contributed by atoms with Gasteiger partial charge in [0.1, 0.15) is 6.61 Å². The van der Waals surface area contributed by atoms with Gasteiger partial charge in [-0.05, 0) is 53.6 Å².